The molecule has 2 fully saturated rings. The number of likely N-dealkylation sites (tertiary alicyclic amines) is 1. The van der Waals surface area contributed by atoms with Crippen molar-refractivity contribution in [2.75, 3.05) is 44.2 Å². The molecule has 0 bridgehead atoms. The predicted octanol–water partition coefficient (Wildman–Crippen LogP) is 1.36. The summed E-state index contributed by atoms with van der Waals surface area (Å²) in [6.07, 6.45) is 4.46. The van der Waals surface area contributed by atoms with E-state index in [2.05, 4.69) is 14.8 Å². The van der Waals surface area contributed by atoms with Crippen LogP contribution in [-0.4, -0.2) is 76.7 Å². The summed E-state index contributed by atoms with van der Waals surface area (Å²) < 4.78 is 0. The van der Waals surface area contributed by atoms with Gasteiger partial charge in [-0.1, -0.05) is 6.07 Å². The second-order valence-electron chi connectivity index (χ2n) is 7.65. The number of amides is 1. The largest absolute Gasteiger partial charge is 0.389 e. The number of carbonyl (C=O) groups excluding carboxylic acids is 1. The molecular weight excluding hydrogens is 316 g/mol. The van der Waals surface area contributed by atoms with Crippen LogP contribution in [0.1, 0.15) is 33.1 Å². The molecule has 1 aromatic heterocycles. The molecule has 2 aliphatic heterocycles. The molecular formula is C19H30N4O2. The first-order valence-electron chi connectivity index (χ1n) is 9.35. The van der Waals surface area contributed by atoms with Gasteiger partial charge in [-0.15, -0.1) is 0 Å². The average molecular weight is 346 g/mol. The van der Waals surface area contributed by atoms with E-state index in [9.17, 15) is 9.90 Å². The Balaban J connectivity index is 1.45. The lowest BCUT2D eigenvalue weighted by Gasteiger charge is -2.36. The Labute approximate surface area is 150 Å². The Morgan fingerprint density at radius 3 is 2.64 bits per heavy atom. The maximum Gasteiger partial charge on any atom is 0.223 e. The molecule has 138 valence electrons. The van der Waals surface area contributed by atoms with Gasteiger partial charge in [0.15, 0.2) is 0 Å². The van der Waals surface area contributed by atoms with Crippen LogP contribution in [0.2, 0.25) is 0 Å². The maximum atomic E-state index is 12.6. The number of hydrogen-bond acceptors (Lipinski definition) is 5. The SMILES string of the molecule is CC(C)(O)C1CCCN1CCC(=O)N1CCN(c2ccccn2)CC1. The van der Waals surface area contributed by atoms with Crippen molar-refractivity contribution in [1.29, 1.82) is 0 Å². The summed E-state index contributed by atoms with van der Waals surface area (Å²) in [5.41, 5.74) is -0.701. The lowest BCUT2D eigenvalue weighted by atomic mass is 9.96. The van der Waals surface area contributed by atoms with Crippen molar-refractivity contribution in [3.05, 3.63) is 24.4 Å². The maximum absolute atomic E-state index is 12.6. The van der Waals surface area contributed by atoms with Gasteiger partial charge in [0, 0.05) is 51.4 Å². The minimum atomic E-state index is -0.701. The molecule has 3 heterocycles. The highest BCUT2D eigenvalue weighted by Gasteiger charge is 2.36. The van der Waals surface area contributed by atoms with Crippen molar-refractivity contribution in [2.45, 2.75) is 44.8 Å². The number of nitrogens with zero attached hydrogens (tertiary/aromatic N) is 4. The first kappa shape index (κ1) is 18.1. The molecule has 2 aliphatic rings. The molecule has 6 nitrogen and oxygen atoms in total. The summed E-state index contributed by atoms with van der Waals surface area (Å²) in [5.74, 6) is 1.21. The zero-order valence-corrected chi connectivity index (χ0v) is 15.4. The molecule has 1 atom stereocenters. The van der Waals surface area contributed by atoms with E-state index in [1.54, 1.807) is 0 Å². The number of hydrogen-bond donors (Lipinski definition) is 1. The van der Waals surface area contributed by atoms with Crippen LogP contribution in [0.4, 0.5) is 5.82 Å². The van der Waals surface area contributed by atoms with Gasteiger partial charge in [0.05, 0.1) is 5.60 Å². The first-order chi connectivity index (χ1) is 11.9. The topological polar surface area (TPSA) is 59.9 Å². The summed E-state index contributed by atoms with van der Waals surface area (Å²) in [4.78, 5) is 23.4. The molecule has 0 aliphatic carbocycles. The number of pyridine rings is 1. The average Bonchev–Trinajstić information content (AvgIpc) is 3.10. The molecule has 1 unspecified atom stereocenters. The van der Waals surface area contributed by atoms with Gasteiger partial charge in [0.2, 0.25) is 5.91 Å². The Morgan fingerprint density at radius 1 is 1.24 bits per heavy atom. The van der Waals surface area contributed by atoms with E-state index in [1.807, 2.05) is 43.1 Å². The van der Waals surface area contributed by atoms with Crippen molar-refractivity contribution in [1.82, 2.24) is 14.8 Å². The van der Waals surface area contributed by atoms with Crippen molar-refractivity contribution >= 4 is 11.7 Å². The number of aliphatic hydroxyl groups is 1. The van der Waals surface area contributed by atoms with Crippen molar-refractivity contribution in [3.63, 3.8) is 0 Å². The Bertz CT molecular complexity index is 565. The van der Waals surface area contributed by atoms with Gasteiger partial charge in [0.1, 0.15) is 5.82 Å². The van der Waals surface area contributed by atoms with E-state index >= 15 is 0 Å². The van der Waals surface area contributed by atoms with E-state index in [1.165, 1.54) is 0 Å². The predicted molar refractivity (Wildman–Crippen MR) is 98.5 cm³/mol. The van der Waals surface area contributed by atoms with Crippen LogP contribution >= 0.6 is 0 Å². The van der Waals surface area contributed by atoms with Crippen molar-refractivity contribution in [2.24, 2.45) is 0 Å². The molecule has 6 heteroatoms. The second-order valence-corrected chi connectivity index (χ2v) is 7.65. The lowest BCUT2D eigenvalue weighted by molar-refractivity contribution is -0.132. The molecule has 0 spiro atoms. The fourth-order valence-corrected chi connectivity index (χ4v) is 4.02. The minimum absolute atomic E-state index is 0.168. The minimum Gasteiger partial charge on any atom is -0.389 e. The van der Waals surface area contributed by atoms with E-state index in [0.717, 1.165) is 57.9 Å². The van der Waals surface area contributed by atoms with Crippen LogP contribution in [0, 0.1) is 0 Å². The molecule has 0 radical (unpaired) electrons. The third kappa shape index (κ3) is 4.50. The number of carbonyl (C=O) groups is 1. The van der Waals surface area contributed by atoms with Gasteiger partial charge in [0.25, 0.3) is 0 Å². The molecule has 1 aromatic rings. The zero-order chi connectivity index (χ0) is 17.9. The van der Waals surface area contributed by atoms with Crippen LogP contribution in [0.25, 0.3) is 0 Å². The molecule has 25 heavy (non-hydrogen) atoms. The normalized spacial score (nSPS) is 22.4. The van der Waals surface area contributed by atoms with Crippen molar-refractivity contribution in [3.8, 4) is 0 Å². The first-order valence-corrected chi connectivity index (χ1v) is 9.35. The summed E-state index contributed by atoms with van der Waals surface area (Å²) in [6.45, 7) is 8.64. The lowest BCUT2D eigenvalue weighted by Crippen LogP contribution is -2.50. The number of rotatable bonds is 5. The fraction of sp³-hybridized carbons (Fsp3) is 0.684. The standard InChI is InChI=1S/C19H30N4O2/c1-19(2,25)16-6-5-10-21(16)11-8-18(24)23-14-12-22(13-15-23)17-7-3-4-9-20-17/h3-4,7,9,16,25H,5-6,8,10-15H2,1-2H3. The highest BCUT2D eigenvalue weighted by molar-refractivity contribution is 5.76. The van der Waals surface area contributed by atoms with Crippen LogP contribution in [0.3, 0.4) is 0 Å². The Morgan fingerprint density at radius 2 is 2.00 bits per heavy atom. The molecule has 2 saturated heterocycles. The Hall–Kier alpha value is -1.66. The molecule has 3 rings (SSSR count). The smallest absolute Gasteiger partial charge is 0.223 e. The van der Waals surface area contributed by atoms with Gasteiger partial charge < -0.3 is 14.9 Å². The summed E-state index contributed by atoms with van der Waals surface area (Å²) in [7, 11) is 0. The number of anilines is 1. The van der Waals surface area contributed by atoms with Gasteiger partial charge in [-0.3, -0.25) is 9.69 Å². The van der Waals surface area contributed by atoms with E-state index < -0.39 is 5.60 Å². The summed E-state index contributed by atoms with van der Waals surface area (Å²) >= 11 is 0. The van der Waals surface area contributed by atoms with E-state index in [0.29, 0.717) is 6.42 Å². The van der Waals surface area contributed by atoms with Gasteiger partial charge in [-0.2, -0.15) is 0 Å². The van der Waals surface area contributed by atoms with E-state index in [4.69, 9.17) is 0 Å². The number of piperazine rings is 1. The Kier molecular flexibility index (Phi) is 5.59. The molecule has 1 amide bonds. The second kappa shape index (κ2) is 7.70. The van der Waals surface area contributed by atoms with Gasteiger partial charge in [-0.25, -0.2) is 4.98 Å². The van der Waals surface area contributed by atoms with Gasteiger partial charge in [-0.05, 0) is 45.4 Å². The highest BCUT2D eigenvalue weighted by atomic mass is 16.3. The monoisotopic (exact) mass is 346 g/mol. The number of aromatic nitrogens is 1. The van der Waals surface area contributed by atoms with Crippen molar-refractivity contribution < 1.29 is 9.90 Å². The quantitative estimate of drug-likeness (QED) is 0.872. The molecule has 0 aromatic carbocycles. The van der Waals surface area contributed by atoms with Crippen LogP contribution in [-0.2, 0) is 4.79 Å². The third-order valence-electron chi connectivity index (χ3n) is 5.40. The zero-order valence-electron chi connectivity index (χ0n) is 15.4. The van der Waals surface area contributed by atoms with Gasteiger partial charge >= 0.3 is 0 Å². The highest BCUT2D eigenvalue weighted by Crippen LogP contribution is 2.26. The summed E-state index contributed by atoms with van der Waals surface area (Å²) in [5, 5.41) is 10.3. The summed E-state index contributed by atoms with van der Waals surface area (Å²) in [6, 6.07) is 6.10. The fourth-order valence-electron chi connectivity index (χ4n) is 4.02. The van der Waals surface area contributed by atoms with Crippen LogP contribution in [0.5, 0.6) is 0 Å². The van der Waals surface area contributed by atoms with Crippen LogP contribution < -0.4 is 4.90 Å². The van der Waals surface area contributed by atoms with E-state index in [-0.39, 0.29) is 11.9 Å². The third-order valence-corrected chi connectivity index (χ3v) is 5.40. The molecule has 1 N–H and O–H groups in total. The van der Waals surface area contributed by atoms with Crippen LogP contribution in [0.15, 0.2) is 24.4 Å². The molecule has 0 saturated carbocycles.